The van der Waals surface area contributed by atoms with E-state index in [-0.39, 0.29) is 12.5 Å². The molecule has 3 aromatic rings. The van der Waals surface area contributed by atoms with Crippen molar-refractivity contribution in [2.45, 2.75) is 20.3 Å². The Balaban J connectivity index is 1.52. The summed E-state index contributed by atoms with van der Waals surface area (Å²) in [6.45, 7) is 5.47. The predicted molar refractivity (Wildman–Crippen MR) is 117 cm³/mol. The number of ether oxygens (including phenoxy) is 1. The van der Waals surface area contributed by atoms with Gasteiger partial charge >= 0.3 is 5.97 Å². The molecule has 1 aliphatic heterocycles. The van der Waals surface area contributed by atoms with Crippen molar-refractivity contribution in [1.82, 2.24) is 14.7 Å². The first-order valence-electron chi connectivity index (χ1n) is 10.1. The Hall–Kier alpha value is -2.93. The van der Waals surface area contributed by atoms with Gasteiger partial charge in [0.1, 0.15) is 11.3 Å². The summed E-state index contributed by atoms with van der Waals surface area (Å²) in [5.74, 6) is 0.243. The molecule has 0 N–H and O–H groups in total. The number of thiophene rings is 1. The van der Waals surface area contributed by atoms with Crippen LogP contribution in [0.2, 0.25) is 0 Å². The monoisotopic (exact) mass is 423 g/mol. The minimum atomic E-state index is -0.535. The lowest BCUT2D eigenvalue weighted by Gasteiger charge is -2.34. The molecule has 1 aromatic carbocycles. The molecule has 0 radical (unpaired) electrons. The average molecular weight is 424 g/mol. The Morgan fingerprint density at radius 2 is 1.83 bits per heavy atom. The van der Waals surface area contributed by atoms with Gasteiger partial charge in [-0.2, -0.15) is 5.10 Å². The second-order valence-electron chi connectivity index (χ2n) is 7.97. The van der Waals surface area contributed by atoms with Crippen LogP contribution in [0.3, 0.4) is 0 Å². The van der Waals surface area contributed by atoms with Gasteiger partial charge in [-0.25, -0.2) is 9.48 Å². The number of aromatic nitrogens is 2. The molecule has 0 unspecified atom stereocenters. The van der Waals surface area contributed by atoms with Crippen LogP contribution in [0.15, 0.2) is 54.0 Å². The number of hydrogen-bond acceptors (Lipinski definition) is 5. The topological polar surface area (TPSA) is 64.4 Å². The third-order valence-electron chi connectivity index (χ3n) is 5.26. The smallest absolute Gasteiger partial charge is 0.342 e. The summed E-state index contributed by atoms with van der Waals surface area (Å²) in [6, 6.07) is 13.4. The molecule has 0 spiro atoms. The first-order chi connectivity index (χ1) is 14.5. The minimum absolute atomic E-state index is 0.144. The molecular weight excluding hydrogens is 398 g/mol. The van der Waals surface area contributed by atoms with Gasteiger partial charge in [0, 0.05) is 19.3 Å². The van der Waals surface area contributed by atoms with Crippen molar-refractivity contribution in [3.05, 3.63) is 59.6 Å². The molecule has 0 bridgehead atoms. The highest BCUT2D eigenvalue weighted by Crippen LogP contribution is 2.28. The molecule has 2 aromatic heterocycles. The molecule has 30 heavy (non-hydrogen) atoms. The van der Waals surface area contributed by atoms with E-state index >= 15 is 0 Å². The van der Waals surface area contributed by atoms with Gasteiger partial charge in [0.25, 0.3) is 5.91 Å². The Kier molecular flexibility index (Phi) is 5.99. The van der Waals surface area contributed by atoms with Gasteiger partial charge in [-0.1, -0.05) is 38.1 Å². The fourth-order valence-electron chi connectivity index (χ4n) is 3.99. The van der Waals surface area contributed by atoms with Crippen molar-refractivity contribution < 1.29 is 14.3 Å². The number of nitrogens with zero attached hydrogens (tertiary/aromatic N) is 3. The number of para-hydroxylation sites is 1. The van der Waals surface area contributed by atoms with Crippen molar-refractivity contribution in [1.29, 1.82) is 0 Å². The quantitative estimate of drug-likeness (QED) is 0.575. The van der Waals surface area contributed by atoms with Crippen molar-refractivity contribution in [3.63, 3.8) is 0 Å². The number of hydrogen-bond donors (Lipinski definition) is 0. The minimum Gasteiger partial charge on any atom is -0.452 e. The van der Waals surface area contributed by atoms with Crippen LogP contribution in [-0.4, -0.2) is 46.3 Å². The molecule has 1 aliphatic rings. The van der Waals surface area contributed by atoms with E-state index in [0.29, 0.717) is 36.2 Å². The number of piperidine rings is 1. The largest absolute Gasteiger partial charge is 0.452 e. The van der Waals surface area contributed by atoms with E-state index in [1.807, 2.05) is 47.8 Å². The summed E-state index contributed by atoms with van der Waals surface area (Å²) < 4.78 is 7.09. The molecule has 2 atom stereocenters. The van der Waals surface area contributed by atoms with E-state index in [9.17, 15) is 9.59 Å². The second-order valence-corrected chi connectivity index (χ2v) is 8.92. The van der Waals surface area contributed by atoms with E-state index in [0.717, 1.165) is 17.0 Å². The first-order valence-corrected chi connectivity index (χ1v) is 11.0. The highest BCUT2D eigenvalue weighted by molar-refractivity contribution is 7.13. The summed E-state index contributed by atoms with van der Waals surface area (Å²) in [5.41, 5.74) is 1.77. The number of amides is 1. The van der Waals surface area contributed by atoms with Crippen LogP contribution in [0.4, 0.5) is 0 Å². The van der Waals surface area contributed by atoms with Gasteiger partial charge in [-0.3, -0.25) is 4.79 Å². The maximum atomic E-state index is 12.9. The summed E-state index contributed by atoms with van der Waals surface area (Å²) in [6.07, 6.45) is 2.79. The van der Waals surface area contributed by atoms with Gasteiger partial charge in [0.05, 0.1) is 10.6 Å². The van der Waals surface area contributed by atoms with Gasteiger partial charge in [0.15, 0.2) is 6.61 Å². The fraction of sp³-hybridized carbons (Fsp3) is 0.348. The molecule has 1 saturated heterocycles. The molecule has 3 heterocycles. The third-order valence-corrected chi connectivity index (χ3v) is 6.13. The molecule has 0 saturated carbocycles. The van der Waals surface area contributed by atoms with E-state index in [1.54, 1.807) is 15.8 Å². The summed E-state index contributed by atoms with van der Waals surface area (Å²) in [5, 5.41) is 6.55. The summed E-state index contributed by atoms with van der Waals surface area (Å²) in [4.78, 5) is 28.2. The zero-order chi connectivity index (χ0) is 21.1. The van der Waals surface area contributed by atoms with Crippen LogP contribution < -0.4 is 0 Å². The highest BCUT2D eigenvalue weighted by atomic mass is 32.1. The number of carbonyl (C=O) groups is 2. The zero-order valence-corrected chi connectivity index (χ0v) is 18.0. The maximum Gasteiger partial charge on any atom is 0.342 e. The van der Waals surface area contributed by atoms with Crippen molar-refractivity contribution >= 4 is 23.2 Å². The molecule has 1 fully saturated rings. The normalized spacial score (nSPS) is 18.9. The lowest BCUT2D eigenvalue weighted by Crippen LogP contribution is -2.44. The zero-order valence-electron chi connectivity index (χ0n) is 17.2. The number of likely N-dealkylation sites (tertiary alicyclic amines) is 1. The molecular formula is C23H25N3O3S. The van der Waals surface area contributed by atoms with Crippen LogP contribution in [-0.2, 0) is 9.53 Å². The average Bonchev–Trinajstić information content (AvgIpc) is 3.41. The molecule has 0 aliphatic carbocycles. The van der Waals surface area contributed by atoms with Crippen molar-refractivity contribution in [2.75, 3.05) is 19.7 Å². The molecule has 6 nitrogen and oxygen atoms in total. The number of benzene rings is 1. The second kappa shape index (κ2) is 8.83. The predicted octanol–water partition coefficient (Wildman–Crippen LogP) is 4.26. The van der Waals surface area contributed by atoms with E-state index in [4.69, 9.17) is 4.74 Å². The standard InChI is InChI=1S/C23H25N3O3S/c1-16-11-17(2)13-25(12-16)21(27)15-29-23(28)19-14-26(18-7-4-3-5-8-18)24-22(19)20-9-6-10-30-20/h3-10,14,16-17H,11-13,15H2,1-2H3/t16-,17+. The maximum absolute atomic E-state index is 12.9. The molecule has 4 rings (SSSR count). The number of rotatable bonds is 5. The van der Waals surface area contributed by atoms with Crippen molar-refractivity contribution in [2.24, 2.45) is 11.8 Å². The highest BCUT2D eigenvalue weighted by Gasteiger charge is 2.27. The summed E-state index contributed by atoms with van der Waals surface area (Å²) in [7, 11) is 0. The first kappa shape index (κ1) is 20.3. The lowest BCUT2D eigenvalue weighted by molar-refractivity contribution is -0.137. The van der Waals surface area contributed by atoms with Gasteiger partial charge < -0.3 is 9.64 Å². The molecule has 1 amide bonds. The Morgan fingerprint density at radius 1 is 1.10 bits per heavy atom. The fourth-order valence-corrected chi connectivity index (χ4v) is 4.72. The third kappa shape index (κ3) is 4.46. The van der Waals surface area contributed by atoms with Crippen LogP contribution in [0, 0.1) is 11.8 Å². The summed E-state index contributed by atoms with van der Waals surface area (Å²) >= 11 is 1.50. The van der Waals surface area contributed by atoms with E-state index < -0.39 is 5.97 Å². The van der Waals surface area contributed by atoms with Crippen LogP contribution in [0.1, 0.15) is 30.6 Å². The SMILES string of the molecule is C[C@@H]1C[C@H](C)CN(C(=O)COC(=O)c2cn(-c3ccccc3)nc2-c2cccs2)C1. The molecule has 7 heteroatoms. The lowest BCUT2D eigenvalue weighted by atomic mass is 9.92. The van der Waals surface area contributed by atoms with Crippen molar-refractivity contribution in [3.8, 4) is 16.3 Å². The van der Waals surface area contributed by atoms with E-state index in [1.165, 1.54) is 11.3 Å². The van der Waals surface area contributed by atoms with Gasteiger partial charge in [0.2, 0.25) is 0 Å². The van der Waals surface area contributed by atoms with Crippen LogP contribution >= 0.6 is 11.3 Å². The van der Waals surface area contributed by atoms with Gasteiger partial charge in [-0.15, -0.1) is 11.3 Å². The molecule has 156 valence electrons. The Morgan fingerprint density at radius 3 is 2.50 bits per heavy atom. The number of esters is 1. The van der Waals surface area contributed by atoms with E-state index in [2.05, 4.69) is 18.9 Å². The van der Waals surface area contributed by atoms with Crippen LogP contribution in [0.5, 0.6) is 0 Å². The van der Waals surface area contributed by atoms with Gasteiger partial charge in [-0.05, 0) is 41.8 Å². The Bertz CT molecular complexity index is 1000. The number of carbonyl (C=O) groups excluding carboxylic acids is 2. The Labute approximate surface area is 180 Å². The van der Waals surface area contributed by atoms with Crippen LogP contribution in [0.25, 0.3) is 16.3 Å².